The number of halogens is 2. The number of furan rings is 1. The number of carbonyl (C=O) groups excluding carboxylic acids is 2. The maximum atomic E-state index is 13.0. The standard InChI is InChI=1S/C25H23Cl2N5O4S2/c1-2-35-24(34)15-7-9-31(10-8-15)23(33)19-13-37-21(28-19)14-38-25-30-29-22(20-4-3-11-36-20)32(25)16-5-6-17(26)18(27)12-16/h3-6,11-13,15H,2,7-10,14H2,1H3. The van der Waals surface area contributed by atoms with E-state index in [-0.39, 0.29) is 17.8 Å². The number of aromatic nitrogens is 4. The van der Waals surface area contributed by atoms with E-state index in [4.69, 9.17) is 32.4 Å². The number of hydrogen-bond donors (Lipinski definition) is 0. The van der Waals surface area contributed by atoms with E-state index < -0.39 is 0 Å². The van der Waals surface area contributed by atoms with Crippen LogP contribution in [0, 0.1) is 5.92 Å². The van der Waals surface area contributed by atoms with Crippen molar-refractivity contribution in [1.29, 1.82) is 0 Å². The summed E-state index contributed by atoms with van der Waals surface area (Å²) in [6.07, 6.45) is 2.77. The summed E-state index contributed by atoms with van der Waals surface area (Å²) < 4.78 is 12.5. The Kier molecular flexibility index (Phi) is 8.37. The number of piperidine rings is 1. The fourth-order valence-electron chi connectivity index (χ4n) is 4.13. The van der Waals surface area contributed by atoms with Crippen molar-refractivity contribution < 1.29 is 18.7 Å². The van der Waals surface area contributed by atoms with E-state index in [2.05, 4.69) is 15.2 Å². The van der Waals surface area contributed by atoms with Crippen LogP contribution in [-0.2, 0) is 15.3 Å². The predicted molar refractivity (Wildman–Crippen MR) is 146 cm³/mol. The van der Waals surface area contributed by atoms with E-state index in [1.54, 1.807) is 47.7 Å². The van der Waals surface area contributed by atoms with E-state index in [1.807, 2.05) is 10.6 Å². The van der Waals surface area contributed by atoms with Gasteiger partial charge in [0.1, 0.15) is 10.7 Å². The first kappa shape index (κ1) is 26.7. The summed E-state index contributed by atoms with van der Waals surface area (Å²) in [6.45, 7) is 3.17. The highest BCUT2D eigenvalue weighted by Crippen LogP contribution is 2.33. The molecule has 0 atom stereocenters. The molecule has 0 N–H and O–H groups in total. The minimum absolute atomic E-state index is 0.126. The quantitative estimate of drug-likeness (QED) is 0.181. The van der Waals surface area contributed by atoms with Gasteiger partial charge in [-0.2, -0.15) is 0 Å². The normalized spacial score (nSPS) is 14.1. The Morgan fingerprint density at radius 1 is 1.18 bits per heavy atom. The zero-order valence-electron chi connectivity index (χ0n) is 20.3. The van der Waals surface area contributed by atoms with Gasteiger partial charge in [-0.05, 0) is 50.1 Å². The van der Waals surface area contributed by atoms with Gasteiger partial charge in [-0.1, -0.05) is 35.0 Å². The summed E-state index contributed by atoms with van der Waals surface area (Å²) in [7, 11) is 0. The first-order valence-corrected chi connectivity index (χ1v) is 14.5. The highest BCUT2D eigenvalue weighted by molar-refractivity contribution is 7.98. The number of esters is 1. The van der Waals surface area contributed by atoms with Gasteiger partial charge < -0.3 is 14.1 Å². The van der Waals surface area contributed by atoms with Crippen LogP contribution in [0.15, 0.2) is 51.5 Å². The SMILES string of the molecule is CCOC(=O)C1CCN(C(=O)c2csc(CSc3nnc(-c4ccco4)n3-c3ccc(Cl)c(Cl)c3)n2)CC1. The molecule has 4 aromatic rings. The highest BCUT2D eigenvalue weighted by Gasteiger charge is 2.29. The minimum Gasteiger partial charge on any atom is -0.466 e. The van der Waals surface area contributed by atoms with Crippen LogP contribution >= 0.6 is 46.3 Å². The molecule has 1 amide bonds. The Hall–Kier alpha value is -2.86. The zero-order chi connectivity index (χ0) is 26.6. The fourth-order valence-corrected chi connectivity index (χ4v) is 6.16. The van der Waals surface area contributed by atoms with Crippen molar-refractivity contribution in [3.63, 3.8) is 0 Å². The minimum atomic E-state index is -0.184. The number of nitrogens with zero attached hydrogens (tertiary/aromatic N) is 5. The first-order valence-electron chi connectivity index (χ1n) is 11.9. The second-order valence-electron chi connectivity index (χ2n) is 8.45. The second kappa shape index (κ2) is 11.9. The van der Waals surface area contributed by atoms with Crippen molar-refractivity contribution in [2.45, 2.75) is 30.7 Å². The third-order valence-electron chi connectivity index (χ3n) is 6.03. The number of thioether (sulfide) groups is 1. The van der Waals surface area contributed by atoms with Gasteiger partial charge in [0.25, 0.3) is 5.91 Å². The molecule has 1 aromatic carbocycles. The van der Waals surface area contributed by atoms with Gasteiger partial charge in [-0.15, -0.1) is 21.5 Å². The van der Waals surface area contributed by atoms with Crippen LogP contribution in [0.5, 0.6) is 0 Å². The van der Waals surface area contributed by atoms with E-state index >= 15 is 0 Å². The Morgan fingerprint density at radius 2 is 2.00 bits per heavy atom. The Bertz CT molecular complexity index is 1430. The largest absolute Gasteiger partial charge is 0.466 e. The van der Waals surface area contributed by atoms with Crippen molar-refractivity contribution in [2.75, 3.05) is 19.7 Å². The summed E-state index contributed by atoms with van der Waals surface area (Å²) >= 11 is 15.3. The molecule has 198 valence electrons. The van der Waals surface area contributed by atoms with Gasteiger partial charge in [-0.25, -0.2) is 4.98 Å². The molecule has 9 nitrogen and oxygen atoms in total. The molecule has 38 heavy (non-hydrogen) atoms. The van der Waals surface area contributed by atoms with Crippen LogP contribution in [0.25, 0.3) is 17.3 Å². The molecule has 0 radical (unpaired) electrons. The summed E-state index contributed by atoms with van der Waals surface area (Å²) in [5, 5.41) is 12.7. The Balaban J connectivity index is 1.28. The van der Waals surface area contributed by atoms with Crippen LogP contribution in [0.4, 0.5) is 0 Å². The summed E-state index contributed by atoms with van der Waals surface area (Å²) in [6, 6.07) is 8.88. The summed E-state index contributed by atoms with van der Waals surface area (Å²) in [4.78, 5) is 31.3. The number of likely N-dealkylation sites (tertiary alicyclic amines) is 1. The smallest absolute Gasteiger partial charge is 0.309 e. The molecule has 1 fully saturated rings. The van der Waals surface area contributed by atoms with Crippen molar-refractivity contribution in [3.05, 3.63) is 62.7 Å². The lowest BCUT2D eigenvalue weighted by Gasteiger charge is -2.30. The number of benzene rings is 1. The number of ether oxygens (including phenoxy) is 1. The molecular weight excluding hydrogens is 569 g/mol. The third kappa shape index (κ3) is 5.75. The zero-order valence-corrected chi connectivity index (χ0v) is 23.4. The average molecular weight is 593 g/mol. The van der Waals surface area contributed by atoms with Gasteiger partial charge in [0.15, 0.2) is 10.9 Å². The molecule has 0 bridgehead atoms. The van der Waals surface area contributed by atoms with Crippen LogP contribution < -0.4 is 0 Å². The summed E-state index contributed by atoms with van der Waals surface area (Å²) in [5.41, 5.74) is 1.14. The lowest BCUT2D eigenvalue weighted by atomic mass is 9.97. The molecule has 1 saturated heterocycles. The number of thiazole rings is 1. The van der Waals surface area contributed by atoms with Crippen LogP contribution in [0.3, 0.4) is 0 Å². The van der Waals surface area contributed by atoms with E-state index in [0.717, 1.165) is 10.7 Å². The molecule has 4 heterocycles. The van der Waals surface area contributed by atoms with E-state index in [0.29, 0.717) is 70.8 Å². The molecular formula is C25H23Cl2N5O4S2. The van der Waals surface area contributed by atoms with Crippen molar-refractivity contribution >= 4 is 58.2 Å². The number of carbonyl (C=O) groups is 2. The summed E-state index contributed by atoms with van der Waals surface area (Å²) in [5.74, 6) is 1.11. The Labute approximate surface area is 237 Å². The highest BCUT2D eigenvalue weighted by atomic mass is 35.5. The average Bonchev–Trinajstić information content (AvgIpc) is 3.70. The van der Waals surface area contributed by atoms with Crippen LogP contribution in [0.1, 0.15) is 35.3 Å². The Morgan fingerprint density at radius 3 is 2.71 bits per heavy atom. The van der Waals surface area contributed by atoms with Gasteiger partial charge in [0, 0.05) is 18.5 Å². The monoisotopic (exact) mass is 591 g/mol. The molecule has 1 aliphatic rings. The van der Waals surface area contributed by atoms with E-state index in [9.17, 15) is 9.59 Å². The molecule has 3 aromatic heterocycles. The molecule has 13 heteroatoms. The topological polar surface area (TPSA) is 103 Å². The molecule has 5 rings (SSSR count). The predicted octanol–water partition coefficient (Wildman–Crippen LogP) is 6.00. The molecule has 0 unspecified atom stereocenters. The van der Waals surface area contributed by atoms with E-state index in [1.165, 1.54) is 23.1 Å². The number of hydrogen-bond acceptors (Lipinski definition) is 9. The lowest BCUT2D eigenvalue weighted by Crippen LogP contribution is -2.40. The lowest BCUT2D eigenvalue weighted by molar-refractivity contribution is -0.149. The molecule has 1 aliphatic heterocycles. The van der Waals surface area contributed by atoms with Gasteiger partial charge >= 0.3 is 5.97 Å². The van der Waals surface area contributed by atoms with Gasteiger partial charge in [-0.3, -0.25) is 14.2 Å². The van der Waals surface area contributed by atoms with Crippen LogP contribution in [0.2, 0.25) is 10.0 Å². The van der Waals surface area contributed by atoms with Crippen LogP contribution in [-0.4, -0.2) is 56.2 Å². The van der Waals surface area contributed by atoms with Gasteiger partial charge in [0.2, 0.25) is 5.82 Å². The number of amides is 1. The molecule has 0 aliphatic carbocycles. The maximum absolute atomic E-state index is 13.0. The van der Waals surface area contributed by atoms with Crippen molar-refractivity contribution in [1.82, 2.24) is 24.6 Å². The van der Waals surface area contributed by atoms with Gasteiger partial charge in [0.05, 0.1) is 40.3 Å². The maximum Gasteiger partial charge on any atom is 0.309 e. The molecule has 0 spiro atoms. The molecule has 0 saturated carbocycles. The van der Waals surface area contributed by atoms with Crippen molar-refractivity contribution in [2.24, 2.45) is 5.92 Å². The fraction of sp³-hybridized carbons (Fsp3) is 0.320. The third-order valence-corrected chi connectivity index (χ3v) is 8.74. The number of rotatable bonds is 8. The first-order chi connectivity index (χ1) is 18.4. The van der Waals surface area contributed by atoms with Crippen molar-refractivity contribution in [3.8, 4) is 17.3 Å². The second-order valence-corrected chi connectivity index (χ2v) is 11.2.